The number of aromatic nitrogens is 6. The molecule has 1 aromatic carbocycles. The first-order chi connectivity index (χ1) is 34.0. The largest absolute Gasteiger partial charge is 0.391 e. The van der Waals surface area contributed by atoms with Gasteiger partial charge in [0.25, 0.3) is 5.91 Å². The molecular formula is C50H54FN13O5S2. The second-order valence-corrected chi connectivity index (χ2v) is 21.9. The molecule has 3 saturated heterocycles. The number of anilines is 2. The molecule has 368 valence electrons. The molecule has 18 nitrogen and oxygen atoms in total. The Morgan fingerprint density at radius 3 is 2.39 bits per heavy atom. The first-order valence-corrected chi connectivity index (χ1v) is 25.5. The Hall–Kier alpha value is -6.89. The van der Waals surface area contributed by atoms with Gasteiger partial charge in [-0.15, -0.1) is 21.5 Å². The first kappa shape index (κ1) is 47.8. The number of carbonyl (C=O) groups excluding carboxylic acids is 4. The highest BCUT2D eigenvalue weighted by molar-refractivity contribution is 7.18. The van der Waals surface area contributed by atoms with Gasteiger partial charge in [0, 0.05) is 57.1 Å². The quantitative estimate of drug-likeness (QED) is 0.109. The number of aliphatic hydroxyl groups is 1. The van der Waals surface area contributed by atoms with E-state index in [4.69, 9.17) is 4.98 Å². The molecular weight excluding hydrogens is 946 g/mol. The summed E-state index contributed by atoms with van der Waals surface area (Å²) in [5, 5.41) is 44.3. The molecule has 4 aliphatic rings. The van der Waals surface area contributed by atoms with Crippen LogP contribution in [0.2, 0.25) is 0 Å². The molecule has 71 heavy (non-hydrogen) atoms. The fraction of sp³-hybridized carbons (Fsp3) is 0.440. The van der Waals surface area contributed by atoms with Gasteiger partial charge in [-0.3, -0.25) is 24.2 Å². The molecule has 10 rings (SSSR count). The van der Waals surface area contributed by atoms with E-state index < -0.39 is 53.0 Å². The van der Waals surface area contributed by atoms with E-state index in [0.29, 0.717) is 34.9 Å². The van der Waals surface area contributed by atoms with Gasteiger partial charge in [-0.25, -0.2) is 13.9 Å². The number of nitriles is 1. The lowest BCUT2D eigenvalue weighted by Gasteiger charge is -2.41. The standard InChI is InChI=1S/C50H54FN13O5S2/c1-27-42(70-26-55-27)30-8-6-29(7-9-30)36(57-44(67)40-17-34(65)25-62(40)46(68)43(49(2,3)4)58-47(69)50(51)14-15-50)19-41(66)63-32-10-11-33(63)24-61(23-32)48-60-59-45(71-48)35-22-54-38(18-37(35)53-5)39-13-12-31-16-28(20-52)21-56-64(31)39/h6-9,12-13,16,18,21-22,26,32-34,36,40,43,65H,10-11,14-15,17,19,23-25H2,1-5H3,(H,53,54)(H,57,67)(H,58,69)/t32?,33?,34-,36+,40+,43-/m1/s1. The van der Waals surface area contributed by atoms with Crippen molar-refractivity contribution in [1.29, 1.82) is 5.26 Å². The molecule has 4 N–H and O–H groups in total. The van der Waals surface area contributed by atoms with Gasteiger partial charge >= 0.3 is 0 Å². The zero-order valence-electron chi connectivity index (χ0n) is 39.9. The average Bonchev–Trinajstić information content (AvgIpc) is 3.93. The zero-order chi connectivity index (χ0) is 49.9. The highest BCUT2D eigenvalue weighted by Crippen LogP contribution is 2.42. The lowest BCUT2D eigenvalue weighted by atomic mass is 9.85. The van der Waals surface area contributed by atoms with Crippen molar-refractivity contribution in [1.82, 2.24) is 50.2 Å². The van der Waals surface area contributed by atoms with Crippen LogP contribution in [0.3, 0.4) is 0 Å². The van der Waals surface area contributed by atoms with Gasteiger partial charge in [-0.05, 0) is 73.4 Å². The summed E-state index contributed by atoms with van der Waals surface area (Å²) in [6, 6.07) is 14.0. The number of thiazole rings is 1. The van der Waals surface area contributed by atoms with Crippen molar-refractivity contribution < 1.29 is 28.7 Å². The Morgan fingerprint density at radius 2 is 1.73 bits per heavy atom. The maximum atomic E-state index is 14.8. The van der Waals surface area contributed by atoms with E-state index in [2.05, 4.69) is 47.2 Å². The molecule has 6 aromatic rings. The number of carbonyl (C=O) groups is 4. The van der Waals surface area contributed by atoms with Crippen LogP contribution in [0.4, 0.5) is 15.2 Å². The van der Waals surface area contributed by atoms with E-state index in [1.165, 1.54) is 33.8 Å². The molecule has 0 spiro atoms. The number of alkyl halides is 1. The van der Waals surface area contributed by atoms with Gasteiger partial charge < -0.3 is 35.8 Å². The number of benzene rings is 1. The number of β-amino-alcohol motifs (C(OH)–C–C–N with tert-alkyl or cyclic N) is 1. The third-order valence-corrected chi connectivity index (χ3v) is 16.1. The smallest absolute Gasteiger partial charge is 0.258 e. The molecule has 5 aromatic heterocycles. The van der Waals surface area contributed by atoms with E-state index in [1.54, 1.807) is 43.1 Å². The van der Waals surface area contributed by atoms with Gasteiger partial charge in [0.2, 0.25) is 22.9 Å². The Morgan fingerprint density at radius 1 is 0.986 bits per heavy atom. The average molecular weight is 1000 g/mol. The van der Waals surface area contributed by atoms with Crippen molar-refractivity contribution >= 4 is 62.6 Å². The molecule has 2 bridgehead atoms. The van der Waals surface area contributed by atoms with Crippen molar-refractivity contribution in [2.24, 2.45) is 5.41 Å². The highest BCUT2D eigenvalue weighted by atomic mass is 32.1. The summed E-state index contributed by atoms with van der Waals surface area (Å²) >= 11 is 2.97. The predicted octanol–water partition coefficient (Wildman–Crippen LogP) is 5.68. The monoisotopic (exact) mass is 999 g/mol. The number of amides is 4. The molecule has 4 fully saturated rings. The molecule has 4 amide bonds. The van der Waals surface area contributed by atoms with E-state index in [0.717, 1.165) is 56.6 Å². The summed E-state index contributed by atoms with van der Waals surface area (Å²) in [5.41, 5.74) is 5.76. The maximum Gasteiger partial charge on any atom is 0.258 e. The second kappa shape index (κ2) is 18.7. The lowest BCUT2D eigenvalue weighted by Crippen LogP contribution is -2.59. The van der Waals surface area contributed by atoms with Crippen LogP contribution in [0.25, 0.3) is 37.9 Å². The minimum absolute atomic E-state index is 0.0497. The number of hydrogen-bond acceptors (Lipinski definition) is 15. The van der Waals surface area contributed by atoms with Crippen LogP contribution in [0.15, 0.2) is 66.4 Å². The van der Waals surface area contributed by atoms with Crippen LogP contribution >= 0.6 is 22.7 Å². The number of nitrogens with zero attached hydrogens (tertiary/aromatic N) is 10. The van der Waals surface area contributed by atoms with Crippen molar-refractivity contribution in [2.75, 3.05) is 36.9 Å². The van der Waals surface area contributed by atoms with Gasteiger partial charge in [-0.1, -0.05) is 56.4 Å². The van der Waals surface area contributed by atoms with Gasteiger partial charge in [0.1, 0.15) is 18.2 Å². The van der Waals surface area contributed by atoms with Crippen molar-refractivity contribution in [3.8, 4) is 38.5 Å². The van der Waals surface area contributed by atoms with Gasteiger partial charge in [0.05, 0.1) is 68.9 Å². The summed E-state index contributed by atoms with van der Waals surface area (Å²) in [6.45, 7) is 8.14. The number of halogens is 1. The summed E-state index contributed by atoms with van der Waals surface area (Å²) in [6.07, 6.45) is 3.91. The minimum atomic E-state index is -2.01. The van der Waals surface area contributed by atoms with Crippen LogP contribution in [-0.2, 0) is 19.2 Å². The van der Waals surface area contributed by atoms with Crippen LogP contribution in [-0.4, -0.2) is 131 Å². The summed E-state index contributed by atoms with van der Waals surface area (Å²) in [4.78, 5) is 71.9. The van der Waals surface area contributed by atoms with Crippen LogP contribution in [0.5, 0.6) is 0 Å². The first-order valence-electron chi connectivity index (χ1n) is 23.8. The molecule has 0 radical (unpaired) electrons. The van der Waals surface area contributed by atoms with Crippen molar-refractivity contribution in [2.45, 2.75) is 108 Å². The second-order valence-electron chi connectivity index (χ2n) is 20.0. The minimum Gasteiger partial charge on any atom is -0.391 e. The van der Waals surface area contributed by atoms with E-state index in [1.807, 2.05) is 61.3 Å². The predicted molar refractivity (Wildman–Crippen MR) is 266 cm³/mol. The van der Waals surface area contributed by atoms with E-state index in [9.17, 15) is 33.9 Å². The van der Waals surface area contributed by atoms with Gasteiger partial charge in [0.15, 0.2) is 10.7 Å². The van der Waals surface area contributed by atoms with Crippen LogP contribution < -0.4 is 20.9 Å². The number of aliphatic hydroxyl groups excluding tert-OH is 1. The fourth-order valence-corrected chi connectivity index (χ4v) is 11.8. The Balaban J connectivity index is 0.856. The highest BCUT2D eigenvalue weighted by Gasteiger charge is 2.53. The molecule has 21 heteroatoms. The Labute approximate surface area is 417 Å². The normalized spacial score (nSPS) is 21.2. The third kappa shape index (κ3) is 9.31. The SMILES string of the molecule is CNc1cc(-c2ccc3cc(C#N)cnn23)ncc1-c1nnc(N2CC3CCC(C2)N3C(=O)C[C@H](NC(=O)[C@@H]2C[C@@H](O)CN2C(=O)[C@@H](NC(=O)C2(F)CC2)C(C)(C)C)c2ccc(-c3scnc3C)cc2)s1. The number of nitrogens with one attached hydrogen (secondary N) is 3. The third-order valence-electron chi connectivity index (χ3n) is 14.1. The topological polar surface area (TPSA) is 227 Å². The van der Waals surface area contributed by atoms with Crippen molar-refractivity contribution in [3.05, 3.63) is 83.3 Å². The van der Waals surface area contributed by atoms with Crippen LogP contribution in [0.1, 0.15) is 82.2 Å². The molecule has 6 atom stereocenters. The zero-order valence-corrected chi connectivity index (χ0v) is 41.6. The molecule has 1 saturated carbocycles. The number of rotatable bonds is 13. The maximum absolute atomic E-state index is 14.8. The fourth-order valence-electron chi connectivity index (χ4n) is 10.1. The summed E-state index contributed by atoms with van der Waals surface area (Å²) in [5.74, 6) is -2.12. The van der Waals surface area contributed by atoms with Crippen molar-refractivity contribution in [3.63, 3.8) is 0 Å². The number of piperazine rings is 1. The molecule has 8 heterocycles. The number of fused-ring (bicyclic) bond motifs is 3. The molecule has 1 aliphatic carbocycles. The Bertz CT molecular complexity index is 3070. The number of likely N-dealkylation sites (tertiary alicyclic amines) is 1. The van der Waals surface area contributed by atoms with E-state index in [-0.39, 0.29) is 50.2 Å². The van der Waals surface area contributed by atoms with Gasteiger partial charge in [-0.2, -0.15) is 10.4 Å². The van der Waals surface area contributed by atoms with Crippen LogP contribution in [0, 0.1) is 23.7 Å². The Kier molecular flexibility index (Phi) is 12.6. The summed E-state index contributed by atoms with van der Waals surface area (Å²) < 4.78 is 16.6. The molecule has 2 unspecified atom stereocenters. The summed E-state index contributed by atoms with van der Waals surface area (Å²) in [7, 11) is 1.83. The lowest BCUT2D eigenvalue weighted by molar-refractivity contribution is -0.145. The number of pyridine rings is 1. The van der Waals surface area contributed by atoms with E-state index >= 15 is 0 Å². The number of aryl methyl sites for hydroxylation is 1. The number of hydrogen-bond donors (Lipinski definition) is 4. The molecule has 3 aliphatic heterocycles.